The van der Waals surface area contributed by atoms with Crippen LogP contribution in [0.25, 0.3) is 0 Å². The number of benzene rings is 1. The summed E-state index contributed by atoms with van der Waals surface area (Å²) < 4.78 is 5.86. The first-order valence-electron chi connectivity index (χ1n) is 8.82. The SMILES string of the molecule is C[C@@H](CCC1CCNCC1)COc1ccc(C(=O)N(C)C)c(Cl)c1. The van der Waals surface area contributed by atoms with Gasteiger partial charge in [-0.3, -0.25) is 4.79 Å². The maximum atomic E-state index is 12.0. The fourth-order valence-electron chi connectivity index (χ4n) is 3.01. The summed E-state index contributed by atoms with van der Waals surface area (Å²) in [6.45, 7) is 5.23. The zero-order valence-electron chi connectivity index (χ0n) is 15.0. The van der Waals surface area contributed by atoms with Gasteiger partial charge < -0.3 is 15.0 Å². The zero-order chi connectivity index (χ0) is 17.5. The van der Waals surface area contributed by atoms with Gasteiger partial charge in [0.05, 0.1) is 17.2 Å². The van der Waals surface area contributed by atoms with Crippen LogP contribution in [0.5, 0.6) is 5.75 Å². The van der Waals surface area contributed by atoms with Crippen molar-refractivity contribution in [3.8, 4) is 5.75 Å². The Kier molecular flexibility index (Phi) is 7.38. The Labute approximate surface area is 150 Å². The van der Waals surface area contributed by atoms with E-state index in [1.165, 1.54) is 30.6 Å². The van der Waals surface area contributed by atoms with E-state index in [4.69, 9.17) is 16.3 Å². The van der Waals surface area contributed by atoms with Crippen molar-refractivity contribution in [1.82, 2.24) is 10.2 Å². The Morgan fingerprint density at radius 3 is 2.71 bits per heavy atom. The third kappa shape index (κ3) is 5.67. The highest BCUT2D eigenvalue weighted by Gasteiger charge is 2.15. The number of carbonyl (C=O) groups is 1. The van der Waals surface area contributed by atoms with Crippen molar-refractivity contribution < 1.29 is 9.53 Å². The number of nitrogens with one attached hydrogen (secondary N) is 1. The largest absolute Gasteiger partial charge is 0.493 e. The number of hydrogen-bond acceptors (Lipinski definition) is 3. The molecule has 1 amide bonds. The second kappa shape index (κ2) is 9.28. The summed E-state index contributed by atoms with van der Waals surface area (Å²) in [5.74, 6) is 2.01. The van der Waals surface area contributed by atoms with Crippen LogP contribution in [0.3, 0.4) is 0 Å². The fraction of sp³-hybridized carbons (Fsp3) is 0.632. The molecule has 0 saturated carbocycles. The smallest absolute Gasteiger partial charge is 0.254 e. The molecule has 1 N–H and O–H groups in total. The Bertz CT molecular complexity index is 542. The van der Waals surface area contributed by atoms with E-state index in [0.717, 1.165) is 24.8 Å². The van der Waals surface area contributed by atoms with Crippen LogP contribution in [0.1, 0.15) is 43.0 Å². The number of halogens is 1. The zero-order valence-corrected chi connectivity index (χ0v) is 15.7. The van der Waals surface area contributed by atoms with Gasteiger partial charge in [-0.1, -0.05) is 18.5 Å². The average Bonchev–Trinajstić information content (AvgIpc) is 2.58. The van der Waals surface area contributed by atoms with Gasteiger partial charge in [0.25, 0.3) is 5.91 Å². The molecule has 0 radical (unpaired) electrons. The highest BCUT2D eigenvalue weighted by atomic mass is 35.5. The van der Waals surface area contributed by atoms with Gasteiger partial charge in [-0.05, 0) is 68.8 Å². The summed E-state index contributed by atoms with van der Waals surface area (Å²) in [5.41, 5.74) is 0.507. The third-order valence-corrected chi connectivity index (χ3v) is 4.95. The summed E-state index contributed by atoms with van der Waals surface area (Å²) in [5, 5.41) is 3.85. The molecule has 0 unspecified atom stereocenters. The minimum Gasteiger partial charge on any atom is -0.493 e. The Balaban J connectivity index is 1.78. The molecule has 0 aliphatic carbocycles. The van der Waals surface area contributed by atoms with Gasteiger partial charge in [0.2, 0.25) is 0 Å². The lowest BCUT2D eigenvalue weighted by Crippen LogP contribution is -2.28. The molecule has 1 aliphatic rings. The molecule has 1 aromatic rings. The van der Waals surface area contributed by atoms with E-state index in [9.17, 15) is 4.79 Å². The minimum absolute atomic E-state index is 0.0955. The first kappa shape index (κ1) is 19.1. The van der Waals surface area contributed by atoms with Gasteiger partial charge in [-0.2, -0.15) is 0 Å². The molecular formula is C19H29ClN2O2. The van der Waals surface area contributed by atoms with Gasteiger partial charge >= 0.3 is 0 Å². The first-order chi connectivity index (χ1) is 11.5. The van der Waals surface area contributed by atoms with Crippen molar-refractivity contribution in [1.29, 1.82) is 0 Å². The van der Waals surface area contributed by atoms with Crippen LogP contribution in [0, 0.1) is 11.8 Å². The summed E-state index contributed by atoms with van der Waals surface area (Å²) in [6, 6.07) is 5.29. The molecular weight excluding hydrogens is 324 g/mol. The van der Waals surface area contributed by atoms with Gasteiger partial charge in [-0.25, -0.2) is 0 Å². The van der Waals surface area contributed by atoms with Crippen molar-refractivity contribution in [2.75, 3.05) is 33.8 Å². The van der Waals surface area contributed by atoms with Crippen molar-refractivity contribution >= 4 is 17.5 Å². The number of amides is 1. The number of carbonyl (C=O) groups excluding carboxylic acids is 1. The Morgan fingerprint density at radius 1 is 1.38 bits per heavy atom. The standard InChI is InChI=1S/C19H29ClN2O2/c1-14(4-5-15-8-10-21-11-9-15)13-24-16-6-7-17(18(20)12-16)19(23)22(2)3/h6-7,12,14-15,21H,4-5,8-11,13H2,1-3H3/t14-/m0/s1. The topological polar surface area (TPSA) is 41.6 Å². The van der Waals surface area contributed by atoms with Gasteiger partial charge in [-0.15, -0.1) is 0 Å². The molecule has 24 heavy (non-hydrogen) atoms. The Morgan fingerprint density at radius 2 is 2.08 bits per heavy atom. The minimum atomic E-state index is -0.0955. The highest BCUT2D eigenvalue weighted by Crippen LogP contribution is 2.25. The van der Waals surface area contributed by atoms with Crippen LogP contribution >= 0.6 is 11.6 Å². The molecule has 1 heterocycles. The van der Waals surface area contributed by atoms with E-state index >= 15 is 0 Å². The van der Waals surface area contributed by atoms with E-state index in [-0.39, 0.29) is 5.91 Å². The molecule has 1 atom stereocenters. The maximum Gasteiger partial charge on any atom is 0.254 e. The predicted octanol–water partition coefficient (Wildman–Crippen LogP) is 3.84. The molecule has 0 spiro atoms. The number of hydrogen-bond donors (Lipinski definition) is 1. The van der Waals surface area contributed by atoms with E-state index in [1.54, 1.807) is 26.2 Å². The van der Waals surface area contributed by atoms with Crippen molar-refractivity contribution in [2.24, 2.45) is 11.8 Å². The quantitative estimate of drug-likeness (QED) is 0.810. The molecule has 1 fully saturated rings. The second-order valence-electron chi connectivity index (χ2n) is 7.03. The molecule has 5 heteroatoms. The molecule has 0 bridgehead atoms. The molecule has 1 aromatic carbocycles. The number of piperidine rings is 1. The van der Waals surface area contributed by atoms with Crippen molar-refractivity contribution in [3.05, 3.63) is 28.8 Å². The molecule has 4 nitrogen and oxygen atoms in total. The van der Waals surface area contributed by atoms with Crippen LogP contribution in [-0.4, -0.2) is 44.6 Å². The molecule has 0 aromatic heterocycles. The summed E-state index contributed by atoms with van der Waals surface area (Å²) in [6.07, 6.45) is 5.06. The van der Waals surface area contributed by atoms with Crippen LogP contribution < -0.4 is 10.1 Å². The lowest BCUT2D eigenvalue weighted by Gasteiger charge is -2.23. The van der Waals surface area contributed by atoms with E-state index < -0.39 is 0 Å². The first-order valence-corrected chi connectivity index (χ1v) is 9.20. The second-order valence-corrected chi connectivity index (χ2v) is 7.44. The summed E-state index contributed by atoms with van der Waals surface area (Å²) in [4.78, 5) is 13.5. The van der Waals surface area contributed by atoms with Crippen LogP contribution in [0.4, 0.5) is 0 Å². The van der Waals surface area contributed by atoms with Crippen molar-refractivity contribution in [3.63, 3.8) is 0 Å². The van der Waals surface area contributed by atoms with Crippen LogP contribution in [0.15, 0.2) is 18.2 Å². The number of nitrogens with zero attached hydrogens (tertiary/aromatic N) is 1. The molecule has 134 valence electrons. The third-order valence-electron chi connectivity index (χ3n) is 4.64. The highest BCUT2D eigenvalue weighted by molar-refractivity contribution is 6.34. The number of rotatable bonds is 7. The lowest BCUT2D eigenvalue weighted by molar-refractivity contribution is 0.0827. The van der Waals surface area contributed by atoms with Gasteiger partial charge in [0, 0.05) is 14.1 Å². The summed E-state index contributed by atoms with van der Waals surface area (Å²) in [7, 11) is 3.43. The number of ether oxygens (including phenoxy) is 1. The van der Waals surface area contributed by atoms with E-state index in [1.807, 2.05) is 6.07 Å². The van der Waals surface area contributed by atoms with Gasteiger partial charge in [0.1, 0.15) is 5.75 Å². The molecule has 1 saturated heterocycles. The van der Waals surface area contributed by atoms with Crippen molar-refractivity contribution in [2.45, 2.75) is 32.6 Å². The molecule has 1 aliphatic heterocycles. The van der Waals surface area contributed by atoms with E-state index in [0.29, 0.717) is 23.1 Å². The summed E-state index contributed by atoms with van der Waals surface area (Å²) >= 11 is 6.21. The maximum absolute atomic E-state index is 12.0. The lowest BCUT2D eigenvalue weighted by atomic mass is 9.90. The monoisotopic (exact) mass is 352 g/mol. The normalized spacial score (nSPS) is 16.7. The predicted molar refractivity (Wildman–Crippen MR) is 99.0 cm³/mol. The van der Waals surface area contributed by atoms with Crippen LogP contribution in [-0.2, 0) is 0 Å². The Hall–Kier alpha value is -1.26. The van der Waals surface area contributed by atoms with Crippen LogP contribution in [0.2, 0.25) is 5.02 Å². The average molecular weight is 353 g/mol. The fourth-order valence-corrected chi connectivity index (χ4v) is 3.26. The van der Waals surface area contributed by atoms with E-state index in [2.05, 4.69) is 12.2 Å². The van der Waals surface area contributed by atoms with Gasteiger partial charge in [0.15, 0.2) is 0 Å². The molecule has 2 rings (SSSR count).